The summed E-state index contributed by atoms with van der Waals surface area (Å²) < 4.78 is 11.0. The number of benzene rings is 1. The Hall–Kier alpha value is -2.71. The molecule has 8 nitrogen and oxygen atoms in total. The average molecular weight is 358 g/mol. The highest BCUT2D eigenvalue weighted by molar-refractivity contribution is 5.68. The maximum Gasteiger partial charge on any atom is 0.341 e. The minimum atomic E-state index is -0.988. The van der Waals surface area contributed by atoms with Gasteiger partial charge in [0, 0.05) is 39.1 Å². The van der Waals surface area contributed by atoms with Crippen LogP contribution in [0.1, 0.15) is 17.4 Å². The Labute approximate surface area is 151 Å². The van der Waals surface area contributed by atoms with Crippen LogP contribution in [0.5, 0.6) is 5.75 Å². The Morgan fingerprint density at radius 1 is 1.35 bits per heavy atom. The van der Waals surface area contributed by atoms with E-state index in [0.29, 0.717) is 12.4 Å². The van der Waals surface area contributed by atoms with Gasteiger partial charge in [-0.15, -0.1) is 0 Å². The number of rotatable bonds is 7. The zero-order valence-corrected chi connectivity index (χ0v) is 14.6. The molecule has 26 heavy (non-hydrogen) atoms. The van der Waals surface area contributed by atoms with Crippen LogP contribution in [-0.2, 0) is 16.1 Å². The lowest BCUT2D eigenvalue weighted by molar-refractivity contribution is -0.139. The topological polar surface area (TPSA) is 96.8 Å². The summed E-state index contributed by atoms with van der Waals surface area (Å²) in [7, 11) is 1.82. The first kappa shape index (κ1) is 18.1. The van der Waals surface area contributed by atoms with Crippen molar-refractivity contribution in [1.82, 2.24) is 14.9 Å². The van der Waals surface area contributed by atoms with Gasteiger partial charge in [0.15, 0.2) is 6.61 Å². The monoisotopic (exact) mass is 358 g/mol. The van der Waals surface area contributed by atoms with Crippen LogP contribution < -0.4 is 10.1 Å². The van der Waals surface area contributed by atoms with E-state index in [1.165, 1.54) is 0 Å². The molecule has 138 valence electrons. The van der Waals surface area contributed by atoms with E-state index in [2.05, 4.69) is 20.2 Å². The molecule has 2 aromatic rings. The Balaban J connectivity index is 1.60. The number of nitrogens with zero attached hydrogens (tertiary/aromatic N) is 3. The summed E-state index contributed by atoms with van der Waals surface area (Å²) in [6.45, 7) is 2.63. The highest BCUT2D eigenvalue weighted by atomic mass is 16.5. The van der Waals surface area contributed by atoms with Gasteiger partial charge >= 0.3 is 5.97 Å². The van der Waals surface area contributed by atoms with Crippen molar-refractivity contribution in [3.8, 4) is 5.75 Å². The number of ether oxygens (including phenoxy) is 2. The van der Waals surface area contributed by atoms with Crippen LogP contribution in [-0.4, -0.2) is 59.3 Å². The van der Waals surface area contributed by atoms with Gasteiger partial charge in [-0.2, -0.15) is 0 Å². The molecule has 1 aromatic heterocycles. The molecule has 0 aliphatic carbocycles. The molecule has 2 heterocycles. The maximum absolute atomic E-state index is 10.5. The molecule has 0 bridgehead atoms. The third kappa shape index (κ3) is 4.68. The number of carbonyl (C=O) groups is 1. The van der Waals surface area contributed by atoms with Gasteiger partial charge < -0.3 is 19.9 Å². The molecule has 0 saturated carbocycles. The van der Waals surface area contributed by atoms with E-state index < -0.39 is 5.97 Å². The molecule has 1 aliphatic rings. The lowest BCUT2D eigenvalue weighted by Gasteiger charge is -2.33. The molecule has 1 aromatic carbocycles. The predicted octanol–water partition coefficient (Wildman–Crippen LogP) is 1.56. The first-order valence-electron chi connectivity index (χ1n) is 8.42. The summed E-state index contributed by atoms with van der Waals surface area (Å²) >= 11 is 0. The number of carboxylic acid groups (broad SMARTS) is 1. The lowest BCUT2D eigenvalue weighted by atomic mass is 10.1. The van der Waals surface area contributed by atoms with Gasteiger partial charge in [0.2, 0.25) is 0 Å². The number of nitrogens with one attached hydrogen (secondary N) is 1. The van der Waals surface area contributed by atoms with Crippen molar-refractivity contribution in [1.29, 1.82) is 0 Å². The summed E-state index contributed by atoms with van der Waals surface area (Å²) in [5.74, 6) is 0.298. The van der Waals surface area contributed by atoms with Crippen LogP contribution in [0, 0.1) is 0 Å². The van der Waals surface area contributed by atoms with Gasteiger partial charge in [-0.05, 0) is 17.7 Å². The van der Waals surface area contributed by atoms with E-state index in [1.807, 2.05) is 19.2 Å². The quantitative estimate of drug-likeness (QED) is 0.770. The van der Waals surface area contributed by atoms with Crippen molar-refractivity contribution in [2.75, 3.05) is 38.7 Å². The van der Waals surface area contributed by atoms with Crippen molar-refractivity contribution in [2.45, 2.75) is 12.6 Å². The predicted molar refractivity (Wildman–Crippen MR) is 95.1 cm³/mol. The smallest absolute Gasteiger partial charge is 0.341 e. The van der Waals surface area contributed by atoms with Crippen LogP contribution in [0.2, 0.25) is 0 Å². The second-order valence-corrected chi connectivity index (χ2v) is 5.96. The summed E-state index contributed by atoms with van der Waals surface area (Å²) in [5.41, 5.74) is 1.94. The molecular formula is C18H22N4O4. The molecule has 1 aliphatic heterocycles. The number of hydrogen-bond acceptors (Lipinski definition) is 7. The SMILES string of the molecule is CNc1nccnc1[C@@H]1CN(Cc2ccc(OCC(=O)O)cc2)CCO1. The first-order chi connectivity index (χ1) is 12.7. The summed E-state index contributed by atoms with van der Waals surface area (Å²) in [6, 6.07) is 7.47. The average Bonchev–Trinajstić information content (AvgIpc) is 2.67. The van der Waals surface area contributed by atoms with E-state index in [0.717, 1.165) is 36.7 Å². The van der Waals surface area contributed by atoms with Crippen molar-refractivity contribution < 1.29 is 19.4 Å². The number of morpholine rings is 1. The number of hydrogen-bond donors (Lipinski definition) is 2. The molecule has 0 spiro atoms. The lowest BCUT2D eigenvalue weighted by Crippen LogP contribution is -2.38. The number of anilines is 1. The highest BCUT2D eigenvalue weighted by Gasteiger charge is 2.25. The fraction of sp³-hybridized carbons (Fsp3) is 0.389. The van der Waals surface area contributed by atoms with Crippen LogP contribution in [0.25, 0.3) is 0 Å². The largest absolute Gasteiger partial charge is 0.482 e. The third-order valence-electron chi connectivity index (χ3n) is 4.11. The van der Waals surface area contributed by atoms with E-state index in [9.17, 15) is 4.79 Å². The van der Waals surface area contributed by atoms with E-state index in [4.69, 9.17) is 14.6 Å². The van der Waals surface area contributed by atoms with E-state index in [-0.39, 0.29) is 12.7 Å². The highest BCUT2D eigenvalue weighted by Crippen LogP contribution is 2.26. The molecule has 2 N–H and O–H groups in total. The standard InChI is InChI=1S/C18H22N4O4/c1-19-18-17(20-6-7-21-18)15-11-22(8-9-25-15)10-13-2-4-14(5-3-13)26-12-16(23)24/h2-7,15H,8-12H2,1H3,(H,19,21)(H,23,24)/t15-/m0/s1. The maximum atomic E-state index is 10.5. The van der Waals surface area contributed by atoms with Crippen molar-refractivity contribution in [3.05, 3.63) is 47.9 Å². The second kappa shape index (κ2) is 8.59. The van der Waals surface area contributed by atoms with Crippen molar-refractivity contribution in [2.24, 2.45) is 0 Å². The van der Waals surface area contributed by atoms with Gasteiger partial charge in [0.05, 0.1) is 6.61 Å². The molecule has 0 radical (unpaired) electrons. The Morgan fingerprint density at radius 2 is 2.12 bits per heavy atom. The fourth-order valence-corrected chi connectivity index (χ4v) is 2.88. The normalized spacial score (nSPS) is 17.7. The molecule has 8 heteroatoms. The number of carboxylic acids is 1. The van der Waals surface area contributed by atoms with E-state index >= 15 is 0 Å². The number of aromatic nitrogens is 2. The van der Waals surface area contributed by atoms with Gasteiger partial charge in [-0.25, -0.2) is 9.78 Å². The summed E-state index contributed by atoms with van der Waals surface area (Å²) in [5, 5.41) is 11.7. The Morgan fingerprint density at radius 3 is 2.85 bits per heavy atom. The van der Waals surface area contributed by atoms with Gasteiger partial charge in [0.25, 0.3) is 0 Å². The molecular weight excluding hydrogens is 336 g/mol. The second-order valence-electron chi connectivity index (χ2n) is 5.96. The Bertz CT molecular complexity index is 738. The molecule has 1 fully saturated rings. The first-order valence-corrected chi connectivity index (χ1v) is 8.42. The minimum Gasteiger partial charge on any atom is -0.482 e. The Kier molecular flexibility index (Phi) is 5.98. The van der Waals surface area contributed by atoms with Gasteiger partial charge in [-0.3, -0.25) is 9.88 Å². The molecule has 1 atom stereocenters. The third-order valence-corrected chi connectivity index (χ3v) is 4.11. The van der Waals surface area contributed by atoms with Gasteiger partial charge in [0.1, 0.15) is 23.4 Å². The molecule has 1 saturated heterocycles. The van der Waals surface area contributed by atoms with Crippen LogP contribution in [0.3, 0.4) is 0 Å². The molecule has 3 rings (SSSR count). The van der Waals surface area contributed by atoms with Gasteiger partial charge in [-0.1, -0.05) is 12.1 Å². The van der Waals surface area contributed by atoms with Crippen LogP contribution in [0.15, 0.2) is 36.7 Å². The zero-order valence-electron chi connectivity index (χ0n) is 14.6. The summed E-state index contributed by atoms with van der Waals surface area (Å²) in [6.07, 6.45) is 3.20. The van der Waals surface area contributed by atoms with Crippen molar-refractivity contribution in [3.63, 3.8) is 0 Å². The molecule has 0 amide bonds. The molecule has 0 unspecified atom stereocenters. The van der Waals surface area contributed by atoms with Crippen LogP contribution >= 0.6 is 0 Å². The van der Waals surface area contributed by atoms with Crippen molar-refractivity contribution >= 4 is 11.8 Å². The number of aliphatic carboxylic acids is 1. The summed E-state index contributed by atoms with van der Waals surface area (Å²) in [4.78, 5) is 21.6. The van der Waals surface area contributed by atoms with E-state index in [1.54, 1.807) is 24.5 Å². The fourth-order valence-electron chi connectivity index (χ4n) is 2.88. The minimum absolute atomic E-state index is 0.127. The van der Waals surface area contributed by atoms with Crippen LogP contribution in [0.4, 0.5) is 5.82 Å². The zero-order chi connectivity index (χ0) is 18.4.